The van der Waals surface area contributed by atoms with Gasteiger partial charge < -0.3 is 15.4 Å². The topological polar surface area (TPSA) is 84.5 Å². The van der Waals surface area contributed by atoms with Crippen LogP contribution in [0, 0.1) is 6.92 Å². The minimum absolute atomic E-state index is 0.0672. The molecule has 2 amide bonds. The molecular formula is C24H30N2O4. The Labute approximate surface area is 178 Å². The zero-order valence-electron chi connectivity index (χ0n) is 17.8. The SMILES string of the molecule is Cc1ccc(C(CC(=O)OC(C)C)NC(=O)CCCNC(=O)c2ccccc2)cc1. The van der Waals surface area contributed by atoms with Gasteiger partial charge in [0.25, 0.3) is 5.91 Å². The molecule has 0 saturated carbocycles. The predicted octanol–water partition coefficient (Wildman–Crippen LogP) is 3.70. The third-order valence-corrected chi connectivity index (χ3v) is 4.46. The van der Waals surface area contributed by atoms with Crippen molar-refractivity contribution in [2.45, 2.75) is 52.2 Å². The van der Waals surface area contributed by atoms with Crippen LogP contribution in [0.3, 0.4) is 0 Å². The van der Waals surface area contributed by atoms with Gasteiger partial charge in [0.15, 0.2) is 0 Å². The van der Waals surface area contributed by atoms with Gasteiger partial charge in [-0.15, -0.1) is 0 Å². The predicted molar refractivity (Wildman–Crippen MR) is 116 cm³/mol. The van der Waals surface area contributed by atoms with Crippen molar-refractivity contribution in [3.63, 3.8) is 0 Å². The van der Waals surface area contributed by atoms with Crippen LogP contribution >= 0.6 is 0 Å². The number of benzene rings is 2. The second-order valence-corrected chi connectivity index (χ2v) is 7.50. The number of hydrogen-bond donors (Lipinski definition) is 2. The van der Waals surface area contributed by atoms with Gasteiger partial charge in [0.2, 0.25) is 5.91 Å². The van der Waals surface area contributed by atoms with Crippen LogP contribution in [-0.4, -0.2) is 30.4 Å². The molecule has 0 heterocycles. The van der Waals surface area contributed by atoms with E-state index in [2.05, 4.69) is 10.6 Å². The van der Waals surface area contributed by atoms with E-state index in [4.69, 9.17) is 4.74 Å². The maximum atomic E-state index is 12.4. The molecule has 0 spiro atoms. The first-order chi connectivity index (χ1) is 14.3. The smallest absolute Gasteiger partial charge is 0.308 e. The van der Waals surface area contributed by atoms with Crippen LogP contribution in [0.15, 0.2) is 54.6 Å². The third kappa shape index (κ3) is 8.07. The van der Waals surface area contributed by atoms with Crippen LogP contribution < -0.4 is 10.6 Å². The fraction of sp³-hybridized carbons (Fsp3) is 0.375. The second kappa shape index (κ2) is 11.8. The average molecular weight is 411 g/mol. The Bertz CT molecular complexity index is 832. The first kappa shape index (κ1) is 23.1. The van der Waals surface area contributed by atoms with Crippen LogP contribution in [-0.2, 0) is 14.3 Å². The molecular weight excluding hydrogens is 380 g/mol. The molecule has 2 rings (SSSR count). The number of hydrogen-bond acceptors (Lipinski definition) is 4. The first-order valence-corrected chi connectivity index (χ1v) is 10.2. The molecule has 0 aliphatic carbocycles. The Morgan fingerprint density at radius 1 is 0.967 bits per heavy atom. The maximum Gasteiger partial charge on any atom is 0.308 e. The molecule has 0 saturated heterocycles. The molecule has 2 aromatic rings. The zero-order valence-corrected chi connectivity index (χ0v) is 17.8. The van der Waals surface area contributed by atoms with E-state index < -0.39 is 6.04 Å². The molecule has 0 radical (unpaired) electrons. The Kier molecular flexibility index (Phi) is 9.06. The van der Waals surface area contributed by atoms with E-state index in [1.54, 1.807) is 38.1 Å². The van der Waals surface area contributed by atoms with Crippen molar-refractivity contribution < 1.29 is 19.1 Å². The van der Waals surface area contributed by atoms with Crippen molar-refractivity contribution >= 4 is 17.8 Å². The van der Waals surface area contributed by atoms with Gasteiger partial charge in [-0.05, 0) is 44.9 Å². The number of ether oxygens (including phenoxy) is 1. The summed E-state index contributed by atoms with van der Waals surface area (Å²) in [4.78, 5) is 36.6. The highest BCUT2D eigenvalue weighted by Gasteiger charge is 2.20. The molecule has 2 N–H and O–H groups in total. The molecule has 30 heavy (non-hydrogen) atoms. The lowest BCUT2D eigenvalue weighted by Gasteiger charge is -2.20. The van der Waals surface area contributed by atoms with E-state index in [1.807, 2.05) is 37.3 Å². The molecule has 0 aliphatic rings. The Morgan fingerprint density at radius 3 is 2.27 bits per heavy atom. The number of nitrogens with one attached hydrogen (secondary N) is 2. The highest BCUT2D eigenvalue weighted by molar-refractivity contribution is 5.94. The Balaban J connectivity index is 1.86. The number of rotatable bonds is 10. The van der Waals surface area contributed by atoms with Crippen molar-refractivity contribution in [2.75, 3.05) is 6.54 Å². The number of esters is 1. The summed E-state index contributed by atoms with van der Waals surface area (Å²) in [7, 11) is 0. The van der Waals surface area contributed by atoms with Crippen molar-refractivity contribution in [1.29, 1.82) is 0 Å². The highest BCUT2D eigenvalue weighted by Crippen LogP contribution is 2.19. The fourth-order valence-electron chi connectivity index (χ4n) is 2.94. The highest BCUT2D eigenvalue weighted by atomic mass is 16.5. The van der Waals surface area contributed by atoms with Gasteiger partial charge in [0, 0.05) is 18.5 Å². The molecule has 0 bridgehead atoms. The molecule has 0 fully saturated rings. The van der Waals surface area contributed by atoms with Gasteiger partial charge in [0.05, 0.1) is 18.6 Å². The molecule has 1 unspecified atom stereocenters. The molecule has 2 aromatic carbocycles. The summed E-state index contributed by atoms with van der Waals surface area (Å²) < 4.78 is 5.24. The number of amides is 2. The summed E-state index contributed by atoms with van der Waals surface area (Å²) in [6.45, 7) is 5.96. The summed E-state index contributed by atoms with van der Waals surface area (Å²) in [5, 5.41) is 5.73. The molecule has 0 aromatic heterocycles. The summed E-state index contributed by atoms with van der Waals surface area (Å²) >= 11 is 0. The van der Waals surface area contributed by atoms with Crippen LogP contribution in [0.1, 0.15) is 60.6 Å². The normalized spacial score (nSPS) is 11.6. The lowest BCUT2D eigenvalue weighted by atomic mass is 10.0. The summed E-state index contributed by atoms with van der Waals surface area (Å²) in [6.07, 6.45) is 0.607. The van der Waals surface area contributed by atoms with Crippen molar-refractivity contribution in [1.82, 2.24) is 10.6 Å². The van der Waals surface area contributed by atoms with E-state index in [0.717, 1.165) is 11.1 Å². The van der Waals surface area contributed by atoms with E-state index in [1.165, 1.54) is 0 Å². The third-order valence-electron chi connectivity index (χ3n) is 4.46. The molecule has 160 valence electrons. The zero-order chi connectivity index (χ0) is 21.9. The van der Waals surface area contributed by atoms with Gasteiger partial charge in [-0.3, -0.25) is 14.4 Å². The van der Waals surface area contributed by atoms with Gasteiger partial charge >= 0.3 is 5.97 Å². The maximum absolute atomic E-state index is 12.4. The number of carbonyl (C=O) groups is 3. The quantitative estimate of drug-likeness (QED) is 0.462. The van der Waals surface area contributed by atoms with E-state index in [9.17, 15) is 14.4 Å². The number of aryl methyl sites for hydroxylation is 1. The van der Waals surface area contributed by atoms with Gasteiger partial charge in [-0.1, -0.05) is 48.0 Å². The molecule has 6 nitrogen and oxygen atoms in total. The summed E-state index contributed by atoms with van der Waals surface area (Å²) in [5.41, 5.74) is 2.54. The van der Waals surface area contributed by atoms with Crippen molar-refractivity contribution in [3.05, 3.63) is 71.3 Å². The summed E-state index contributed by atoms with van der Waals surface area (Å²) in [6, 6.07) is 16.2. The lowest BCUT2D eigenvalue weighted by molar-refractivity contribution is -0.148. The van der Waals surface area contributed by atoms with E-state index >= 15 is 0 Å². The van der Waals surface area contributed by atoms with Gasteiger partial charge in [0.1, 0.15) is 0 Å². The standard InChI is InChI=1S/C24H30N2O4/c1-17(2)30-23(28)16-21(19-13-11-18(3)12-14-19)26-22(27)10-7-15-25-24(29)20-8-5-4-6-9-20/h4-6,8-9,11-14,17,21H,7,10,15-16H2,1-3H3,(H,25,29)(H,26,27). The fourth-order valence-corrected chi connectivity index (χ4v) is 2.94. The van der Waals surface area contributed by atoms with Crippen LogP contribution in [0.5, 0.6) is 0 Å². The summed E-state index contributed by atoms with van der Waals surface area (Å²) in [5.74, 6) is -0.692. The van der Waals surface area contributed by atoms with Gasteiger partial charge in [-0.25, -0.2) is 0 Å². The minimum atomic E-state index is -0.455. The Morgan fingerprint density at radius 2 is 1.63 bits per heavy atom. The van der Waals surface area contributed by atoms with Crippen molar-refractivity contribution in [3.8, 4) is 0 Å². The van der Waals surface area contributed by atoms with Crippen LogP contribution in [0.4, 0.5) is 0 Å². The molecule has 0 aliphatic heterocycles. The van der Waals surface area contributed by atoms with Crippen molar-refractivity contribution in [2.24, 2.45) is 0 Å². The second-order valence-electron chi connectivity index (χ2n) is 7.50. The minimum Gasteiger partial charge on any atom is -0.463 e. The van der Waals surface area contributed by atoms with E-state index in [0.29, 0.717) is 18.5 Å². The Hall–Kier alpha value is -3.15. The van der Waals surface area contributed by atoms with Crippen LogP contribution in [0.25, 0.3) is 0 Å². The van der Waals surface area contributed by atoms with Crippen LogP contribution in [0.2, 0.25) is 0 Å². The largest absolute Gasteiger partial charge is 0.463 e. The van der Waals surface area contributed by atoms with Gasteiger partial charge in [-0.2, -0.15) is 0 Å². The molecule has 1 atom stereocenters. The lowest BCUT2D eigenvalue weighted by Crippen LogP contribution is -2.32. The van der Waals surface area contributed by atoms with E-state index in [-0.39, 0.29) is 36.7 Å². The number of carbonyl (C=O) groups excluding carboxylic acids is 3. The monoisotopic (exact) mass is 410 g/mol. The molecule has 6 heteroatoms. The first-order valence-electron chi connectivity index (χ1n) is 10.2. The average Bonchev–Trinajstić information content (AvgIpc) is 2.71.